The van der Waals surface area contributed by atoms with Crippen molar-refractivity contribution in [3.8, 4) is 0 Å². The molecule has 1 heterocycles. The molecule has 2 N–H and O–H groups in total. The van der Waals surface area contributed by atoms with Gasteiger partial charge in [0.2, 0.25) is 0 Å². The number of rotatable bonds is 4. The molecule has 0 aromatic carbocycles. The van der Waals surface area contributed by atoms with Gasteiger partial charge in [-0.1, -0.05) is 0 Å². The largest absolute Gasteiger partial charge is 0.468 e. The van der Waals surface area contributed by atoms with Gasteiger partial charge in [0, 0.05) is 13.0 Å². The normalized spacial score (nSPS) is 27.2. The molecule has 0 spiro atoms. The first-order valence-electron chi connectivity index (χ1n) is 4.78. The van der Waals surface area contributed by atoms with E-state index in [0.717, 1.165) is 0 Å². The molecule has 96 valence electrons. The molecule has 0 amide bonds. The quantitative estimate of drug-likeness (QED) is 0.731. The second-order valence-corrected chi connectivity index (χ2v) is 3.79. The second kappa shape index (κ2) is 5.75. The van der Waals surface area contributed by atoms with Crippen LogP contribution in [0.1, 0.15) is 19.3 Å². The molecule has 0 radical (unpaired) electrons. The lowest BCUT2D eigenvalue weighted by Gasteiger charge is -2.25. The molecule has 16 heavy (non-hydrogen) atoms. The molecule has 0 aromatic rings. The van der Waals surface area contributed by atoms with E-state index in [2.05, 4.69) is 10.1 Å². The molecular weight excluding hydrogens is 244 g/mol. The SMILES string of the molecule is COC(=O)C1(CCCO)CC(F)(F)CN1.Cl. The van der Waals surface area contributed by atoms with Gasteiger partial charge in [-0.3, -0.25) is 10.1 Å². The number of methoxy groups -OCH3 is 1. The summed E-state index contributed by atoms with van der Waals surface area (Å²) < 4.78 is 30.6. The minimum Gasteiger partial charge on any atom is -0.468 e. The lowest BCUT2D eigenvalue weighted by molar-refractivity contribution is -0.149. The number of aliphatic hydroxyl groups excluding tert-OH is 1. The van der Waals surface area contributed by atoms with Gasteiger partial charge in [0.25, 0.3) is 5.92 Å². The van der Waals surface area contributed by atoms with Crippen LogP contribution in [-0.4, -0.2) is 42.8 Å². The number of hydrogen-bond donors (Lipinski definition) is 2. The van der Waals surface area contributed by atoms with Crippen LogP contribution < -0.4 is 5.32 Å². The number of aliphatic hydroxyl groups is 1. The fraction of sp³-hybridized carbons (Fsp3) is 0.889. The maximum absolute atomic E-state index is 13.0. The van der Waals surface area contributed by atoms with Crippen molar-refractivity contribution in [1.29, 1.82) is 0 Å². The predicted octanol–water partition coefficient (Wildman–Crippen LogP) is 0.721. The molecule has 0 bridgehead atoms. The predicted molar refractivity (Wildman–Crippen MR) is 55.9 cm³/mol. The third-order valence-corrected chi connectivity index (χ3v) is 2.58. The Bertz CT molecular complexity index is 253. The highest BCUT2D eigenvalue weighted by Gasteiger charge is 2.53. The summed E-state index contributed by atoms with van der Waals surface area (Å²) in [5.74, 6) is -3.57. The van der Waals surface area contributed by atoms with Gasteiger partial charge < -0.3 is 9.84 Å². The lowest BCUT2D eigenvalue weighted by atomic mass is 9.91. The Labute approximate surface area is 98.8 Å². The average molecular weight is 260 g/mol. The van der Waals surface area contributed by atoms with Crippen molar-refractivity contribution in [1.82, 2.24) is 5.32 Å². The number of carbonyl (C=O) groups is 1. The van der Waals surface area contributed by atoms with E-state index in [4.69, 9.17) is 5.11 Å². The zero-order valence-corrected chi connectivity index (χ0v) is 9.78. The first-order valence-corrected chi connectivity index (χ1v) is 4.78. The number of ether oxygens (including phenoxy) is 1. The van der Waals surface area contributed by atoms with E-state index in [1.54, 1.807) is 0 Å². The fourth-order valence-corrected chi connectivity index (χ4v) is 1.86. The van der Waals surface area contributed by atoms with E-state index in [-0.39, 0.29) is 31.9 Å². The minimum absolute atomic E-state index is 0. The zero-order valence-electron chi connectivity index (χ0n) is 8.96. The topological polar surface area (TPSA) is 58.6 Å². The van der Waals surface area contributed by atoms with Crippen LogP contribution in [0.5, 0.6) is 0 Å². The number of nitrogens with one attached hydrogen (secondary N) is 1. The monoisotopic (exact) mass is 259 g/mol. The van der Waals surface area contributed by atoms with Gasteiger partial charge in [0.1, 0.15) is 5.54 Å². The van der Waals surface area contributed by atoms with Crippen molar-refractivity contribution in [3.63, 3.8) is 0 Å². The maximum Gasteiger partial charge on any atom is 0.326 e. The van der Waals surface area contributed by atoms with Gasteiger partial charge in [-0.25, -0.2) is 8.78 Å². The molecule has 0 aromatic heterocycles. The number of halogens is 3. The molecule has 1 aliphatic heterocycles. The van der Waals surface area contributed by atoms with Crippen LogP contribution in [0.2, 0.25) is 0 Å². The molecular formula is C9H16ClF2NO3. The molecule has 0 saturated carbocycles. The van der Waals surface area contributed by atoms with Crippen LogP contribution >= 0.6 is 12.4 Å². The number of carbonyl (C=O) groups excluding carboxylic acids is 1. The van der Waals surface area contributed by atoms with Crippen molar-refractivity contribution < 1.29 is 23.4 Å². The Balaban J connectivity index is 0.00000225. The Kier molecular flexibility index (Phi) is 5.58. The minimum atomic E-state index is -2.89. The van der Waals surface area contributed by atoms with E-state index in [0.29, 0.717) is 0 Å². The highest BCUT2D eigenvalue weighted by molar-refractivity contribution is 5.85. The van der Waals surface area contributed by atoms with Crippen LogP contribution in [0.25, 0.3) is 0 Å². The Morgan fingerprint density at radius 2 is 2.19 bits per heavy atom. The van der Waals surface area contributed by atoms with Crippen molar-refractivity contribution in [2.24, 2.45) is 0 Å². The summed E-state index contributed by atoms with van der Waals surface area (Å²) in [5.41, 5.74) is -1.33. The lowest BCUT2D eigenvalue weighted by Crippen LogP contribution is -2.48. The molecule has 1 aliphatic rings. The highest BCUT2D eigenvalue weighted by atomic mass is 35.5. The van der Waals surface area contributed by atoms with Crippen molar-refractivity contribution in [2.45, 2.75) is 30.7 Å². The van der Waals surface area contributed by atoms with Crippen LogP contribution in [0.3, 0.4) is 0 Å². The molecule has 4 nitrogen and oxygen atoms in total. The highest BCUT2D eigenvalue weighted by Crippen LogP contribution is 2.35. The van der Waals surface area contributed by atoms with Gasteiger partial charge >= 0.3 is 5.97 Å². The molecule has 1 saturated heterocycles. The molecule has 1 atom stereocenters. The van der Waals surface area contributed by atoms with Crippen LogP contribution in [-0.2, 0) is 9.53 Å². The standard InChI is InChI=1S/C9H15F2NO3.ClH/c1-15-7(14)8(3-2-4-13)5-9(10,11)6-12-8;/h12-13H,2-6H2,1H3;1H. The van der Waals surface area contributed by atoms with Gasteiger partial charge in [-0.05, 0) is 12.8 Å². The number of alkyl halides is 2. The molecule has 1 unspecified atom stereocenters. The van der Waals surface area contributed by atoms with Crippen LogP contribution in [0.4, 0.5) is 8.78 Å². The van der Waals surface area contributed by atoms with E-state index in [1.165, 1.54) is 7.11 Å². The molecule has 0 aliphatic carbocycles. The van der Waals surface area contributed by atoms with Crippen LogP contribution in [0, 0.1) is 0 Å². The summed E-state index contributed by atoms with van der Waals surface area (Å²) in [4.78, 5) is 11.4. The summed E-state index contributed by atoms with van der Waals surface area (Å²) in [6, 6.07) is 0. The summed E-state index contributed by atoms with van der Waals surface area (Å²) in [6.45, 7) is -0.653. The van der Waals surface area contributed by atoms with E-state index < -0.39 is 30.4 Å². The zero-order chi connectivity index (χ0) is 11.5. The van der Waals surface area contributed by atoms with Crippen LogP contribution in [0.15, 0.2) is 0 Å². The molecule has 1 rings (SSSR count). The fourth-order valence-electron chi connectivity index (χ4n) is 1.86. The van der Waals surface area contributed by atoms with E-state index >= 15 is 0 Å². The average Bonchev–Trinajstić information content (AvgIpc) is 2.51. The summed E-state index contributed by atoms with van der Waals surface area (Å²) >= 11 is 0. The molecule has 7 heteroatoms. The van der Waals surface area contributed by atoms with Gasteiger partial charge in [-0.15, -0.1) is 12.4 Å². The Morgan fingerprint density at radius 1 is 1.56 bits per heavy atom. The first kappa shape index (κ1) is 15.5. The van der Waals surface area contributed by atoms with Gasteiger partial charge in [0.15, 0.2) is 0 Å². The first-order chi connectivity index (χ1) is 6.96. The number of hydrogen-bond acceptors (Lipinski definition) is 4. The summed E-state index contributed by atoms with van der Waals surface area (Å²) in [7, 11) is 1.17. The third-order valence-electron chi connectivity index (χ3n) is 2.58. The third kappa shape index (κ3) is 3.26. The molecule has 1 fully saturated rings. The summed E-state index contributed by atoms with van der Waals surface area (Å²) in [5, 5.41) is 11.2. The Hall–Kier alpha value is -0.460. The Morgan fingerprint density at radius 3 is 2.56 bits per heavy atom. The second-order valence-electron chi connectivity index (χ2n) is 3.79. The van der Waals surface area contributed by atoms with E-state index in [9.17, 15) is 13.6 Å². The maximum atomic E-state index is 13.0. The van der Waals surface area contributed by atoms with Crippen molar-refractivity contribution in [3.05, 3.63) is 0 Å². The number of esters is 1. The van der Waals surface area contributed by atoms with Gasteiger partial charge in [-0.2, -0.15) is 0 Å². The van der Waals surface area contributed by atoms with Crippen molar-refractivity contribution >= 4 is 18.4 Å². The summed E-state index contributed by atoms with van der Waals surface area (Å²) in [6.07, 6.45) is -0.114. The van der Waals surface area contributed by atoms with E-state index in [1.807, 2.05) is 0 Å². The van der Waals surface area contributed by atoms with Crippen molar-refractivity contribution in [2.75, 3.05) is 20.3 Å². The van der Waals surface area contributed by atoms with Gasteiger partial charge in [0.05, 0.1) is 13.7 Å². The smallest absolute Gasteiger partial charge is 0.326 e.